The van der Waals surface area contributed by atoms with Gasteiger partial charge in [0.2, 0.25) is 0 Å². The Balaban J connectivity index is 4.70. The molecule has 0 saturated carbocycles. The molecule has 0 aromatic rings. The number of ether oxygens (including phenoxy) is 2. The molecule has 0 rings (SSSR count). The second-order valence-electron chi connectivity index (χ2n) is 4.15. The summed E-state index contributed by atoms with van der Waals surface area (Å²) in [5.41, 5.74) is -1.42. The number of rotatable bonds is 6. The number of methoxy groups -OCH3 is 2. The van der Waals surface area contributed by atoms with Gasteiger partial charge in [-0.05, 0) is 18.3 Å². The van der Waals surface area contributed by atoms with E-state index in [9.17, 15) is 9.90 Å². The summed E-state index contributed by atoms with van der Waals surface area (Å²) in [7, 11) is 2.89. The Kier molecular flexibility index (Phi) is 5.83. The van der Waals surface area contributed by atoms with Gasteiger partial charge in [0, 0.05) is 13.7 Å². The minimum Gasteiger partial charge on any atom is -0.467 e. The van der Waals surface area contributed by atoms with Crippen molar-refractivity contribution in [2.45, 2.75) is 32.8 Å². The fourth-order valence-electron chi connectivity index (χ4n) is 1.68. The Morgan fingerprint density at radius 1 is 1.33 bits per heavy atom. The molecule has 0 aliphatic rings. The molecule has 0 fully saturated rings. The van der Waals surface area contributed by atoms with Crippen molar-refractivity contribution in [3.63, 3.8) is 0 Å². The van der Waals surface area contributed by atoms with Crippen LogP contribution in [-0.4, -0.2) is 37.5 Å². The van der Waals surface area contributed by atoms with Gasteiger partial charge >= 0.3 is 5.97 Å². The summed E-state index contributed by atoms with van der Waals surface area (Å²) in [4.78, 5) is 11.6. The summed E-state index contributed by atoms with van der Waals surface area (Å²) >= 11 is 0. The Bertz CT molecular complexity index is 203. The topological polar surface area (TPSA) is 55.8 Å². The molecule has 90 valence electrons. The van der Waals surface area contributed by atoms with Crippen LogP contribution in [-0.2, 0) is 14.3 Å². The zero-order valence-corrected chi connectivity index (χ0v) is 10.2. The van der Waals surface area contributed by atoms with Crippen LogP contribution in [0.15, 0.2) is 0 Å². The molecular formula is C11H22O4. The van der Waals surface area contributed by atoms with Crippen molar-refractivity contribution in [2.24, 2.45) is 11.8 Å². The molecule has 0 aliphatic heterocycles. The van der Waals surface area contributed by atoms with Gasteiger partial charge in [-0.3, -0.25) is 0 Å². The lowest BCUT2D eigenvalue weighted by Crippen LogP contribution is -2.50. The average molecular weight is 218 g/mol. The van der Waals surface area contributed by atoms with Gasteiger partial charge in [0.15, 0.2) is 5.60 Å². The van der Waals surface area contributed by atoms with Gasteiger partial charge < -0.3 is 14.6 Å². The van der Waals surface area contributed by atoms with Gasteiger partial charge in [0.1, 0.15) is 0 Å². The highest BCUT2D eigenvalue weighted by atomic mass is 16.5. The molecule has 1 N–H and O–H groups in total. The van der Waals surface area contributed by atoms with Gasteiger partial charge in [0.05, 0.1) is 7.11 Å². The Labute approximate surface area is 91.6 Å². The molecule has 0 aliphatic carbocycles. The van der Waals surface area contributed by atoms with Crippen molar-refractivity contribution in [1.29, 1.82) is 0 Å². The van der Waals surface area contributed by atoms with Gasteiger partial charge in [-0.2, -0.15) is 0 Å². The molecule has 0 amide bonds. The van der Waals surface area contributed by atoms with Crippen LogP contribution >= 0.6 is 0 Å². The molecule has 0 aromatic heterocycles. The lowest BCUT2D eigenvalue weighted by molar-refractivity contribution is -0.175. The maximum absolute atomic E-state index is 11.6. The predicted molar refractivity (Wildman–Crippen MR) is 57.5 cm³/mol. The molecule has 15 heavy (non-hydrogen) atoms. The first kappa shape index (κ1) is 14.4. The minimum atomic E-state index is -1.42. The van der Waals surface area contributed by atoms with Crippen LogP contribution in [0.2, 0.25) is 0 Å². The molecule has 4 nitrogen and oxygen atoms in total. The summed E-state index contributed by atoms with van der Waals surface area (Å²) in [5, 5.41) is 10.3. The first-order valence-corrected chi connectivity index (χ1v) is 5.20. The van der Waals surface area contributed by atoms with Crippen LogP contribution < -0.4 is 0 Å². The first-order valence-electron chi connectivity index (χ1n) is 5.20. The third-order valence-corrected chi connectivity index (χ3v) is 2.90. The molecule has 0 heterocycles. The van der Waals surface area contributed by atoms with E-state index in [0.717, 1.165) is 0 Å². The molecule has 0 spiro atoms. The van der Waals surface area contributed by atoms with E-state index in [0.29, 0.717) is 13.0 Å². The summed E-state index contributed by atoms with van der Waals surface area (Å²) in [6.07, 6.45) is 0.625. The normalized spacial score (nSPS) is 17.3. The second-order valence-corrected chi connectivity index (χ2v) is 4.15. The standard InChI is InChI=1S/C11H22O4/c1-8(2)11(13,10(12)15-5)9(3)6-7-14-4/h8-9,13H,6-7H2,1-5H3. The lowest BCUT2D eigenvalue weighted by atomic mass is 9.78. The largest absolute Gasteiger partial charge is 0.467 e. The second kappa shape index (κ2) is 6.08. The number of esters is 1. The van der Waals surface area contributed by atoms with E-state index >= 15 is 0 Å². The van der Waals surface area contributed by atoms with Gasteiger partial charge in [-0.25, -0.2) is 4.79 Å². The first-order chi connectivity index (χ1) is 6.91. The zero-order chi connectivity index (χ0) is 12.1. The molecule has 2 atom stereocenters. The van der Waals surface area contributed by atoms with Crippen molar-refractivity contribution < 1.29 is 19.4 Å². The van der Waals surface area contributed by atoms with Crippen molar-refractivity contribution in [3.8, 4) is 0 Å². The van der Waals surface area contributed by atoms with Crippen molar-refractivity contribution >= 4 is 5.97 Å². The van der Waals surface area contributed by atoms with Crippen LogP contribution in [0, 0.1) is 11.8 Å². The maximum atomic E-state index is 11.6. The fraction of sp³-hybridized carbons (Fsp3) is 0.909. The van der Waals surface area contributed by atoms with Crippen LogP contribution in [0.4, 0.5) is 0 Å². The Morgan fingerprint density at radius 3 is 2.20 bits per heavy atom. The maximum Gasteiger partial charge on any atom is 0.338 e. The molecule has 2 unspecified atom stereocenters. The highest BCUT2D eigenvalue weighted by molar-refractivity contribution is 5.79. The monoisotopic (exact) mass is 218 g/mol. The lowest BCUT2D eigenvalue weighted by Gasteiger charge is -2.34. The van der Waals surface area contributed by atoms with Crippen LogP contribution in [0.25, 0.3) is 0 Å². The number of carbonyl (C=O) groups excluding carboxylic acids is 1. The molecular weight excluding hydrogens is 196 g/mol. The number of hydrogen-bond donors (Lipinski definition) is 1. The van der Waals surface area contributed by atoms with E-state index in [1.807, 2.05) is 6.92 Å². The summed E-state index contributed by atoms with van der Waals surface area (Å²) in [6, 6.07) is 0. The quantitative estimate of drug-likeness (QED) is 0.681. The van der Waals surface area contributed by atoms with E-state index in [4.69, 9.17) is 4.74 Å². The molecule has 0 radical (unpaired) electrons. The Hall–Kier alpha value is -0.610. The minimum absolute atomic E-state index is 0.184. The van der Waals surface area contributed by atoms with Crippen molar-refractivity contribution in [3.05, 3.63) is 0 Å². The predicted octanol–water partition coefficient (Wildman–Crippen LogP) is 1.22. The van der Waals surface area contributed by atoms with Crippen molar-refractivity contribution in [1.82, 2.24) is 0 Å². The van der Waals surface area contributed by atoms with Crippen LogP contribution in [0.5, 0.6) is 0 Å². The van der Waals surface area contributed by atoms with E-state index in [-0.39, 0.29) is 11.8 Å². The van der Waals surface area contributed by atoms with E-state index in [1.54, 1.807) is 21.0 Å². The molecule has 0 saturated heterocycles. The highest BCUT2D eigenvalue weighted by Gasteiger charge is 2.45. The summed E-state index contributed by atoms with van der Waals surface area (Å²) in [6.45, 7) is 5.96. The highest BCUT2D eigenvalue weighted by Crippen LogP contribution is 2.29. The number of carbonyl (C=O) groups is 1. The van der Waals surface area contributed by atoms with E-state index in [1.165, 1.54) is 7.11 Å². The summed E-state index contributed by atoms with van der Waals surface area (Å²) < 4.78 is 9.59. The van der Waals surface area contributed by atoms with E-state index < -0.39 is 11.6 Å². The zero-order valence-electron chi connectivity index (χ0n) is 10.2. The van der Waals surface area contributed by atoms with Crippen LogP contribution in [0.1, 0.15) is 27.2 Å². The fourth-order valence-corrected chi connectivity index (χ4v) is 1.68. The number of hydrogen-bond acceptors (Lipinski definition) is 4. The van der Waals surface area contributed by atoms with E-state index in [2.05, 4.69) is 4.74 Å². The number of aliphatic hydroxyl groups is 1. The van der Waals surface area contributed by atoms with Gasteiger partial charge in [0.25, 0.3) is 0 Å². The van der Waals surface area contributed by atoms with Gasteiger partial charge in [-0.15, -0.1) is 0 Å². The molecule has 0 aromatic carbocycles. The van der Waals surface area contributed by atoms with Crippen LogP contribution in [0.3, 0.4) is 0 Å². The molecule has 4 heteroatoms. The smallest absolute Gasteiger partial charge is 0.338 e. The van der Waals surface area contributed by atoms with Gasteiger partial charge in [-0.1, -0.05) is 20.8 Å². The summed E-state index contributed by atoms with van der Waals surface area (Å²) in [5.74, 6) is -0.942. The van der Waals surface area contributed by atoms with Crippen molar-refractivity contribution in [2.75, 3.05) is 20.8 Å². The SMILES string of the molecule is COCCC(C)C(O)(C(=O)OC)C(C)C. The third-order valence-electron chi connectivity index (χ3n) is 2.90. The molecule has 0 bridgehead atoms. The Morgan fingerprint density at radius 2 is 1.87 bits per heavy atom. The third kappa shape index (κ3) is 3.18. The average Bonchev–Trinajstić information content (AvgIpc) is 2.22.